The van der Waals surface area contributed by atoms with Gasteiger partial charge in [-0.1, -0.05) is 61.4 Å². The fraction of sp³-hybridized carbons (Fsp3) is 0.568. The van der Waals surface area contributed by atoms with Gasteiger partial charge in [0.05, 0.1) is 0 Å². The zero-order valence-electron chi connectivity index (χ0n) is 26.0. The first-order chi connectivity index (χ1) is 20.5. The van der Waals surface area contributed by atoms with Crippen molar-refractivity contribution in [3.8, 4) is 0 Å². The summed E-state index contributed by atoms with van der Waals surface area (Å²) in [6, 6.07) is 20.4. The van der Waals surface area contributed by atoms with E-state index in [9.17, 15) is 4.79 Å². The summed E-state index contributed by atoms with van der Waals surface area (Å²) in [6.45, 7) is 13.2. The molecule has 3 atom stereocenters. The zero-order valence-corrected chi connectivity index (χ0v) is 26.0. The molecule has 0 spiro atoms. The average molecular weight is 567 g/mol. The Kier molecular flexibility index (Phi) is 8.85. The number of ketones is 1. The molecule has 2 aromatic carbocycles. The third-order valence-corrected chi connectivity index (χ3v) is 11.1. The molecule has 5 nitrogen and oxygen atoms in total. The summed E-state index contributed by atoms with van der Waals surface area (Å²) >= 11 is 0. The zero-order chi connectivity index (χ0) is 29.1. The maximum Gasteiger partial charge on any atom is 0.132 e. The van der Waals surface area contributed by atoms with Gasteiger partial charge in [0.25, 0.3) is 0 Å². The Balaban J connectivity index is 1.22. The lowest BCUT2D eigenvalue weighted by Gasteiger charge is -2.52. The van der Waals surface area contributed by atoms with Crippen LogP contribution in [0.25, 0.3) is 0 Å². The molecule has 1 aromatic heterocycles. The maximum atomic E-state index is 12.8. The van der Waals surface area contributed by atoms with Crippen molar-refractivity contribution in [2.24, 2.45) is 23.7 Å². The van der Waals surface area contributed by atoms with Crippen molar-refractivity contribution in [3.05, 3.63) is 83.9 Å². The highest BCUT2D eigenvalue weighted by atomic mass is 16.1. The highest BCUT2D eigenvalue weighted by Gasteiger charge is 2.52. The first kappa shape index (κ1) is 29.2. The van der Waals surface area contributed by atoms with Crippen LogP contribution >= 0.6 is 0 Å². The van der Waals surface area contributed by atoms with Crippen LogP contribution in [-0.4, -0.2) is 53.0 Å². The van der Waals surface area contributed by atoms with Crippen molar-refractivity contribution in [2.45, 2.75) is 77.7 Å². The Morgan fingerprint density at radius 2 is 1.69 bits per heavy atom. The van der Waals surface area contributed by atoms with Crippen molar-refractivity contribution < 1.29 is 4.79 Å². The minimum absolute atomic E-state index is 0.00665. The lowest BCUT2D eigenvalue weighted by molar-refractivity contribution is -0.120. The number of piperidine rings is 1. The number of hydrogen-bond donors (Lipinski definition) is 0. The second-order valence-corrected chi connectivity index (χ2v) is 13.6. The number of hydrogen-bond acceptors (Lipinski definition) is 4. The van der Waals surface area contributed by atoms with Crippen molar-refractivity contribution in [1.82, 2.24) is 14.5 Å². The number of rotatable bonds is 11. The number of aryl methyl sites for hydroxylation is 2. The van der Waals surface area contributed by atoms with E-state index >= 15 is 0 Å². The summed E-state index contributed by atoms with van der Waals surface area (Å²) < 4.78 is 2.41. The molecule has 42 heavy (non-hydrogen) atoms. The lowest BCUT2D eigenvalue weighted by Crippen LogP contribution is -2.55. The van der Waals surface area contributed by atoms with Crippen LogP contribution < -0.4 is 4.90 Å². The molecule has 5 heteroatoms. The largest absolute Gasteiger partial charge is 0.371 e. The smallest absolute Gasteiger partial charge is 0.132 e. The number of aromatic nitrogens is 2. The molecule has 3 aromatic rings. The SMILES string of the molecule is CCC(=O)C[C@H]1CCC[C@@H]1[C@](Cn1ccnc1C)(c1ccccc1)C1CCN(CC2CN(c3ccc(C)cc3)C2)CC1. The number of Topliss-reactive ketones (excluding diaryl/α,β-unsaturated/α-hetero) is 1. The first-order valence-corrected chi connectivity index (χ1v) is 16.5. The van der Waals surface area contributed by atoms with E-state index in [0.717, 1.165) is 24.7 Å². The normalized spacial score (nSPS) is 23.5. The highest BCUT2D eigenvalue weighted by Crippen LogP contribution is 2.54. The summed E-state index contributed by atoms with van der Waals surface area (Å²) in [5, 5.41) is 0. The summed E-state index contributed by atoms with van der Waals surface area (Å²) in [5.41, 5.74) is 4.18. The molecule has 0 unspecified atom stereocenters. The Hall–Kier alpha value is -2.92. The molecule has 2 saturated heterocycles. The molecule has 2 aliphatic heterocycles. The van der Waals surface area contributed by atoms with Gasteiger partial charge >= 0.3 is 0 Å². The molecular weight excluding hydrogens is 516 g/mol. The first-order valence-electron chi connectivity index (χ1n) is 16.5. The summed E-state index contributed by atoms with van der Waals surface area (Å²) in [7, 11) is 0. The molecule has 3 heterocycles. The van der Waals surface area contributed by atoms with E-state index in [-0.39, 0.29) is 5.41 Å². The predicted molar refractivity (Wildman–Crippen MR) is 172 cm³/mol. The monoisotopic (exact) mass is 566 g/mol. The summed E-state index contributed by atoms with van der Waals surface area (Å²) in [6.07, 6.45) is 11.6. The molecular formula is C37H50N4O. The van der Waals surface area contributed by atoms with Crippen LogP contribution in [0.5, 0.6) is 0 Å². The van der Waals surface area contributed by atoms with E-state index in [0.29, 0.717) is 30.0 Å². The molecule has 1 aliphatic carbocycles. The van der Waals surface area contributed by atoms with Crippen LogP contribution in [0.3, 0.4) is 0 Å². The van der Waals surface area contributed by atoms with Crippen LogP contribution in [0.1, 0.15) is 68.8 Å². The van der Waals surface area contributed by atoms with E-state index in [4.69, 9.17) is 0 Å². The molecule has 0 bridgehead atoms. The van der Waals surface area contributed by atoms with Crippen LogP contribution in [0.15, 0.2) is 67.0 Å². The molecule has 224 valence electrons. The third-order valence-electron chi connectivity index (χ3n) is 11.1. The van der Waals surface area contributed by atoms with Crippen LogP contribution in [0.4, 0.5) is 5.69 Å². The van der Waals surface area contributed by atoms with Gasteiger partial charge in [-0.15, -0.1) is 0 Å². The number of likely N-dealkylation sites (tertiary alicyclic amines) is 1. The maximum absolute atomic E-state index is 12.8. The quantitative estimate of drug-likeness (QED) is 0.249. The van der Waals surface area contributed by atoms with Crippen LogP contribution in [0, 0.1) is 37.5 Å². The Morgan fingerprint density at radius 1 is 0.952 bits per heavy atom. The van der Waals surface area contributed by atoms with Gasteiger partial charge in [-0.2, -0.15) is 0 Å². The molecule has 1 saturated carbocycles. The van der Waals surface area contributed by atoms with Gasteiger partial charge in [0.15, 0.2) is 0 Å². The number of imidazole rings is 1. The van der Waals surface area contributed by atoms with Crippen molar-refractivity contribution in [2.75, 3.05) is 37.6 Å². The van der Waals surface area contributed by atoms with E-state index in [1.165, 1.54) is 81.6 Å². The number of anilines is 1. The predicted octanol–water partition coefficient (Wildman–Crippen LogP) is 7.07. The minimum atomic E-state index is 0.00665. The lowest BCUT2D eigenvalue weighted by atomic mass is 9.56. The topological polar surface area (TPSA) is 41.4 Å². The van der Waals surface area contributed by atoms with Crippen LogP contribution in [0.2, 0.25) is 0 Å². The third kappa shape index (κ3) is 5.95. The number of carbonyl (C=O) groups excluding carboxylic acids is 1. The van der Waals surface area contributed by atoms with E-state index in [1.54, 1.807) is 0 Å². The highest BCUT2D eigenvalue weighted by molar-refractivity contribution is 5.78. The molecule has 3 fully saturated rings. The number of benzene rings is 2. The van der Waals surface area contributed by atoms with Gasteiger partial charge in [0.2, 0.25) is 0 Å². The van der Waals surface area contributed by atoms with Crippen molar-refractivity contribution in [1.29, 1.82) is 0 Å². The van der Waals surface area contributed by atoms with Gasteiger partial charge in [0, 0.05) is 68.4 Å². The van der Waals surface area contributed by atoms with E-state index < -0.39 is 0 Å². The molecule has 0 radical (unpaired) electrons. The van der Waals surface area contributed by atoms with E-state index in [2.05, 4.69) is 94.0 Å². The fourth-order valence-corrected chi connectivity index (χ4v) is 8.73. The summed E-state index contributed by atoms with van der Waals surface area (Å²) in [4.78, 5) is 22.7. The second kappa shape index (κ2) is 12.8. The van der Waals surface area contributed by atoms with Gasteiger partial charge in [-0.05, 0) is 88.1 Å². The second-order valence-electron chi connectivity index (χ2n) is 13.6. The minimum Gasteiger partial charge on any atom is -0.371 e. The molecule has 6 rings (SSSR count). The van der Waals surface area contributed by atoms with Gasteiger partial charge in [-0.3, -0.25) is 4.79 Å². The van der Waals surface area contributed by atoms with Gasteiger partial charge < -0.3 is 14.4 Å². The van der Waals surface area contributed by atoms with Crippen molar-refractivity contribution in [3.63, 3.8) is 0 Å². The van der Waals surface area contributed by atoms with Crippen LogP contribution in [-0.2, 0) is 16.8 Å². The van der Waals surface area contributed by atoms with Gasteiger partial charge in [0.1, 0.15) is 11.6 Å². The summed E-state index contributed by atoms with van der Waals surface area (Å²) in [5.74, 6) is 3.86. The Morgan fingerprint density at radius 3 is 2.36 bits per heavy atom. The molecule has 0 N–H and O–H groups in total. The standard InChI is InChI=1S/C37H50N4O/c1-4-35(42)23-31-9-8-12-36(31)37(32-10-6-5-7-11-32,27-40-22-19-38-29(40)3)33-17-20-39(21-18-33)24-30-25-41(26-30)34-15-13-28(2)14-16-34/h5-7,10-11,13-16,19,22,30-31,33,36H,4,8-9,12,17-18,20-21,23-27H2,1-3H3/t31-,36+,37-/m1/s1. The van der Waals surface area contributed by atoms with Crippen molar-refractivity contribution >= 4 is 11.5 Å². The Bertz CT molecular complexity index is 1300. The number of nitrogens with zero attached hydrogens (tertiary/aromatic N) is 4. The Labute approximate surface area is 253 Å². The van der Waals surface area contributed by atoms with Gasteiger partial charge in [-0.25, -0.2) is 4.98 Å². The fourth-order valence-electron chi connectivity index (χ4n) is 8.73. The molecule has 0 amide bonds. The van der Waals surface area contributed by atoms with E-state index in [1.807, 2.05) is 13.1 Å². The number of carbonyl (C=O) groups is 1. The molecule has 3 aliphatic rings. The average Bonchev–Trinajstić information content (AvgIpc) is 3.63.